The molecule has 0 atom stereocenters. The molecule has 0 spiro atoms. The summed E-state index contributed by atoms with van der Waals surface area (Å²) in [6.07, 6.45) is 6.52. The summed E-state index contributed by atoms with van der Waals surface area (Å²) < 4.78 is 8.31. The quantitative estimate of drug-likeness (QED) is 0.745. The number of hydrogen-bond donors (Lipinski definition) is 1. The van der Waals surface area contributed by atoms with E-state index in [9.17, 15) is 4.79 Å². The third-order valence-electron chi connectivity index (χ3n) is 3.35. The number of carbonyl (C=O) groups is 1. The predicted molar refractivity (Wildman–Crippen MR) is 90.6 cm³/mol. The molecule has 0 saturated carbocycles. The molecule has 1 amide bonds. The van der Waals surface area contributed by atoms with Crippen LogP contribution in [0.2, 0.25) is 5.02 Å². The third kappa shape index (κ3) is 3.81. The summed E-state index contributed by atoms with van der Waals surface area (Å²) in [5.41, 5.74) is 1.90. The zero-order valence-corrected chi connectivity index (χ0v) is 13.8. The minimum atomic E-state index is -0.249. The molecule has 0 aliphatic carbocycles. The van der Waals surface area contributed by atoms with Gasteiger partial charge in [-0.1, -0.05) is 11.6 Å². The number of halogens is 1. The van der Waals surface area contributed by atoms with Gasteiger partial charge >= 0.3 is 0 Å². The number of carbonyl (C=O) groups excluding carboxylic acids is 1. The van der Waals surface area contributed by atoms with Crippen molar-refractivity contribution < 1.29 is 9.53 Å². The Morgan fingerprint density at radius 2 is 2.00 bits per heavy atom. The molecule has 24 heavy (non-hydrogen) atoms. The first-order valence-corrected chi connectivity index (χ1v) is 7.67. The highest BCUT2D eigenvalue weighted by atomic mass is 35.5. The van der Waals surface area contributed by atoms with Gasteiger partial charge in [-0.3, -0.25) is 9.48 Å². The van der Waals surface area contributed by atoms with E-state index in [4.69, 9.17) is 16.3 Å². The monoisotopic (exact) mass is 345 g/mol. The normalized spacial score (nSPS) is 10.8. The second-order valence-corrected chi connectivity index (χ2v) is 5.53. The fourth-order valence-corrected chi connectivity index (χ4v) is 2.24. The average Bonchev–Trinajstić information content (AvgIpc) is 3.23. The van der Waals surface area contributed by atoms with Gasteiger partial charge in [0.15, 0.2) is 0 Å². The second kappa shape index (κ2) is 7.29. The van der Waals surface area contributed by atoms with Gasteiger partial charge in [-0.2, -0.15) is 10.2 Å². The van der Waals surface area contributed by atoms with Gasteiger partial charge in [-0.25, -0.2) is 4.68 Å². The van der Waals surface area contributed by atoms with Gasteiger partial charge in [0.25, 0.3) is 5.91 Å². The van der Waals surface area contributed by atoms with Crippen LogP contribution in [-0.4, -0.2) is 39.2 Å². The molecule has 0 unspecified atom stereocenters. The van der Waals surface area contributed by atoms with Crippen LogP contribution in [-0.2, 0) is 11.3 Å². The van der Waals surface area contributed by atoms with E-state index in [0.29, 0.717) is 29.4 Å². The van der Waals surface area contributed by atoms with E-state index in [-0.39, 0.29) is 5.91 Å². The Morgan fingerprint density at radius 3 is 2.75 bits per heavy atom. The molecule has 0 aliphatic rings. The molecular formula is C16H16ClN5O2. The Balaban J connectivity index is 1.67. The van der Waals surface area contributed by atoms with E-state index in [2.05, 4.69) is 15.5 Å². The summed E-state index contributed by atoms with van der Waals surface area (Å²) in [4.78, 5) is 12.3. The lowest BCUT2D eigenvalue weighted by atomic mass is 10.3. The topological polar surface area (TPSA) is 74.0 Å². The number of benzene rings is 1. The Hall–Kier alpha value is -2.64. The number of nitrogens with zero attached hydrogens (tertiary/aromatic N) is 4. The van der Waals surface area contributed by atoms with Gasteiger partial charge in [0.1, 0.15) is 0 Å². The number of methoxy groups -OCH3 is 1. The van der Waals surface area contributed by atoms with Crippen molar-refractivity contribution in [1.29, 1.82) is 0 Å². The Labute approximate surface area is 143 Å². The van der Waals surface area contributed by atoms with Gasteiger partial charge < -0.3 is 10.1 Å². The zero-order valence-electron chi connectivity index (χ0n) is 13.0. The highest BCUT2D eigenvalue weighted by molar-refractivity contribution is 6.30. The smallest absolute Gasteiger partial charge is 0.258 e. The van der Waals surface area contributed by atoms with E-state index in [0.717, 1.165) is 5.69 Å². The van der Waals surface area contributed by atoms with Crippen LogP contribution < -0.4 is 5.32 Å². The molecule has 1 N–H and O–H groups in total. The maximum absolute atomic E-state index is 12.3. The molecule has 0 fully saturated rings. The van der Waals surface area contributed by atoms with Gasteiger partial charge in [0.2, 0.25) is 0 Å². The van der Waals surface area contributed by atoms with E-state index >= 15 is 0 Å². The summed E-state index contributed by atoms with van der Waals surface area (Å²) in [5, 5.41) is 11.8. The van der Waals surface area contributed by atoms with Crippen LogP contribution in [0.15, 0.2) is 49.1 Å². The van der Waals surface area contributed by atoms with Crippen molar-refractivity contribution in [3.05, 3.63) is 59.6 Å². The molecule has 124 valence electrons. The van der Waals surface area contributed by atoms with Gasteiger partial charge in [0, 0.05) is 24.5 Å². The maximum atomic E-state index is 12.3. The maximum Gasteiger partial charge on any atom is 0.258 e. The SMILES string of the molecule is COCCn1cc(NC(=O)c2cnn(-c3ccc(Cl)cc3)c2)cn1. The van der Waals surface area contributed by atoms with Gasteiger partial charge in [-0.15, -0.1) is 0 Å². The van der Waals surface area contributed by atoms with Crippen molar-refractivity contribution >= 4 is 23.2 Å². The highest BCUT2D eigenvalue weighted by Gasteiger charge is 2.11. The van der Waals surface area contributed by atoms with Crippen LogP contribution >= 0.6 is 11.6 Å². The van der Waals surface area contributed by atoms with E-state index < -0.39 is 0 Å². The number of ether oxygens (including phenoxy) is 1. The first-order valence-electron chi connectivity index (χ1n) is 7.29. The summed E-state index contributed by atoms with van der Waals surface area (Å²) in [5.74, 6) is -0.249. The molecule has 3 aromatic rings. The molecule has 7 nitrogen and oxygen atoms in total. The van der Waals surface area contributed by atoms with Crippen molar-refractivity contribution in [1.82, 2.24) is 19.6 Å². The Bertz CT molecular complexity index is 825. The lowest BCUT2D eigenvalue weighted by molar-refractivity contribution is 0.102. The number of anilines is 1. The molecule has 2 heterocycles. The number of nitrogens with one attached hydrogen (secondary N) is 1. The zero-order chi connectivity index (χ0) is 16.9. The average molecular weight is 346 g/mol. The molecule has 0 aliphatic heterocycles. The third-order valence-corrected chi connectivity index (χ3v) is 3.60. The summed E-state index contributed by atoms with van der Waals surface area (Å²) in [6.45, 7) is 1.18. The minimum Gasteiger partial charge on any atom is -0.383 e. The van der Waals surface area contributed by atoms with Crippen molar-refractivity contribution in [2.45, 2.75) is 6.54 Å². The number of hydrogen-bond acceptors (Lipinski definition) is 4. The van der Waals surface area contributed by atoms with Crippen LogP contribution in [0.1, 0.15) is 10.4 Å². The molecule has 3 rings (SSSR count). The van der Waals surface area contributed by atoms with Crippen molar-refractivity contribution in [2.75, 3.05) is 19.0 Å². The molecule has 0 radical (unpaired) electrons. The molecule has 0 saturated heterocycles. The first kappa shape index (κ1) is 16.2. The summed E-state index contributed by atoms with van der Waals surface area (Å²) >= 11 is 5.87. The summed E-state index contributed by atoms with van der Waals surface area (Å²) in [6, 6.07) is 7.20. The fraction of sp³-hybridized carbons (Fsp3) is 0.188. The van der Waals surface area contributed by atoms with Gasteiger partial charge in [0.05, 0.1) is 42.5 Å². The van der Waals surface area contributed by atoms with Crippen LogP contribution in [0.5, 0.6) is 0 Å². The largest absolute Gasteiger partial charge is 0.383 e. The standard InChI is InChI=1S/C16H16ClN5O2/c1-24-7-6-21-11-14(9-18-21)20-16(23)12-8-19-22(10-12)15-4-2-13(17)3-5-15/h2-5,8-11H,6-7H2,1H3,(H,20,23). The predicted octanol–water partition coefficient (Wildman–Crippen LogP) is 2.62. The van der Waals surface area contributed by atoms with Gasteiger partial charge in [-0.05, 0) is 24.3 Å². The lowest BCUT2D eigenvalue weighted by Crippen LogP contribution is -2.10. The first-order chi connectivity index (χ1) is 11.7. The van der Waals surface area contributed by atoms with E-state index in [1.165, 1.54) is 6.20 Å². The lowest BCUT2D eigenvalue weighted by Gasteiger charge is -2.01. The number of aromatic nitrogens is 4. The van der Waals surface area contributed by atoms with Crippen LogP contribution in [0.25, 0.3) is 5.69 Å². The molecule has 8 heteroatoms. The van der Waals surface area contributed by atoms with E-state index in [1.54, 1.807) is 47.2 Å². The van der Waals surface area contributed by atoms with Crippen LogP contribution in [0, 0.1) is 0 Å². The van der Waals surface area contributed by atoms with Crippen molar-refractivity contribution in [3.63, 3.8) is 0 Å². The number of rotatable bonds is 6. The van der Waals surface area contributed by atoms with Crippen LogP contribution in [0.3, 0.4) is 0 Å². The molecular weight excluding hydrogens is 330 g/mol. The highest BCUT2D eigenvalue weighted by Crippen LogP contribution is 2.14. The van der Waals surface area contributed by atoms with Crippen LogP contribution in [0.4, 0.5) is 5.69 Å². The number of amides is 1. The molecule has 0 bridgehead atoms. The Morgan fingerprint density at radius 1 is 1.21 bits per heavy atom. The minimum absolute atomic E-state index is 0.249. The van der Waals surface area contributed by atoms with Crippen molar-refractivity contribution in [3.8, 4) is 5.69 Å². The molecule has 2 aromatic heterocycles. The fourth-order valence-electron chi connectivity index (χ4n) is 2.11. The second-order valence-electron chi connectivity index (χ2n) is 5.09. The Kier molecular flexibility index (Phi) is 4.93. The van der Waals surface area contributed by atoms with E-state index in [1.807, 2.05) is 12.1 Å². The van der Waals surface area contributed by atoms with Crippen molar-refractivity contribution in [2.24, 2.45) is 0 Å². The summed E-state index contributed by atoms with van der Waals surface area (Å²) in [7, 11) is 1.63. The molecule has 1 aromatic carbocycles.